The van der Waals surface area contributed by atoms with Crippen molar-refractivity contribution < 1.29 is 19.5 Å². The molecule has 1 aliphatic rings. The number of amides is 2. The van der Waals surface area contributed by atoms with Crippen LogP contribution in [0.3, 0.4) is 0 Å². The summed E-state index contributed by atoms with van der Waals surface area (Å²) in [6.45, 7) is -0.440. The first kappa shape index (κ1) is 19.6. The number of benzene rings is 1. The molecule has 1 aromatic heterocycles. The largest absolute Gasteiger partial charge is 0.480 e. The Balaban J connectivity index is 1.66. The lowest BCUT2D eigenvalue weighted by Crippen LogP contribution is -2.38. The number of anilines is 1. The van der Waals surface area contributed by atoms with Gasteiger partial charge in [0, 0.05) is 17.9 Å². The SMILES string of the molecule is O=C(O)CN(C(=O)c1cnn(CC(=O)NC2CCCCC2)c1)c1ccccc1. The van der Waals surface area contributed by atoms with Crippen molar-refractivity contribution in [1.29, 1.82) is 0 Å². The predicted octanol–water partition coefficient (Wildman–Crippen LogP) is 2.06. The number of carboxylic acids is 1. The summed E-state index contributed by atoms with van der Waals surface area (Å²) in [6.07, 6.45) is 8.29. The Morgan fingerprint density at radius 1 is 1.14 bits per heavy atom. The number of hydrogen-bond acceptors (Lipinski definition) is 4. The van der Waals surface area contributed by atoms with Gasteiger partial charge in [-0.05, 0) is 25.0 Å². The Morgan fingerprint density at radius 3 is 2.54 bits per heavy atom. The summed E-state index contributed by atoms with van der Waals surface area (Å²) in [5, 5.41) is 16.2. The molecule has 0 bridgehead atoms. The molecule has 3 rings (SSSR count). The summed E-state index contributed by atoms with van der Waals surface area (Å²) in [6, 6.07) is 8.80. The molecule has 148 valence electrons. The van der Waals surface area contributed by atoms with E-state index in [0.717, 1.165) is 25.7 Å². The van der Waals surface area contributed by atoms with E-state index in [4.69, 9.17) is 5.11 Å². The van der Waals surface area contributed by atoms with E-state index in [1.54, 1.807) is 30.3 Å². The van der Waals surface area contributed by atoms with Crippen LogP contribution in [-0.2, 0) is 16.1 Å². The lowest BCUT2D eigenvalue weighted by molar-refractivity contribution is -0.135. The summed E-state index contributed by atoms with van der Waals surface area (Å²) < 4.78 is 1.40. The number of aliphatic carboxylic acids is 1. The van der Waals surface area contributed by atoms with E-state index in [2.05, 4.69) is 10.4 Å². The van der Waals surface area contributed by atoms with Crippen molar-refractivity contribution in [3.05, 3.63) is 48.3 Å². The third-order valence-electron chi connectivity index (χ3n) is 4.76. The van der Waals surface area contributed by atoms with Crippen LogP contribution in [0.5, 0.6) is 0 Å². The van der Waals surface area contributed by atoms with E-state index in [1.807, 2.05) is 0 Å². The summed E-state index contributed by atoms with van der Waals surface area (Å²) in [5.41, 5.74) is 0.716. The number of nitrogens with zero attached hydrogens (tertiary/aromatic N) is 3. The number of nitrogens with one attached hydrogen (secondary N) is 1. The fourth-order valence-corrected chi connectivity index (χ4v) is 3.41. The minimum atomic E-state index is -1.11. The highest BCUT2D eigenvalue weighted by molar-refractivity contribution is 6.07. The fourth-order valence-electron chi connectivity index (χ4n) is 3.41. The zero-order valence-electron chi connectivity index (χ0n) is 15.6. The molecule has 2 N–H and O–H groups in total. The number of aromatic nitrogens is 2. The molecule has 0 saturated heterocycles. The van der Waals surface area contributed by atoms with Crippen LogP contribution in [-0.4, -0.2) is 45.3 Å². The van der Waals surface area contributed by atoms with Crippen molar-refractivity contribution in [3.8, 4) is 0 Å². The molecule has 0 radical (unpaired) electrons. The van der Waals surface area contributed by atoms with Crippen LogP contribution in [0.4, 0.5) is 5.69 Å². The Hall–Kier alpha value is -3.16. The van der Waals surface area contributed by atoms with Crippen molar-refractivity contribution in [2.75, 3.05) is 11.4 Å². The van der Waals surface area contributed by atoms with Crippen molar-refractivity contribution in [2.45, 2.75) is 44.7 Å². The molecule has 1 aromatic carbocycles. The van der Waals surface area contributed by atoms with Gasteiger partial charge >= 0.3 is 5.97 Å². The van der Waals surface area contributed by atoms with Crippen LogP contribution in [0.1, 0.15) is 42.5 Å². The summed E-state index contributed by atoms with van der Waals surface area (Å²) in [4.78, 5) is 37.4. The molecule has 0 atom stereocenters. The molecule has 0 aliphatic heterocycles. The predicted molar refractivity (Wildman–Crippen MR) is 103 cm³/mol. The van der Waals surface area contributed by atoms with Gasteiger partial charge in [-0.3, -0.25) is 24.0 Å². The molecule has 1 fully saturated rings. The summed E-state index contributed by atoms with van der Waals surface area (Å²) in [5.74, 6) is -1.73. The first-order valence-corrected chi connectivity index (χ1v) is 9.43. The average Bonchev–Trinajstić information content (AvgIpc) is 3.15. The van der Waals surface area contributed by atoms with E-state index in [9.17, 15) is 14.4 Å². The van der Waals surface area contributed by atoms with Gasteiger partial charge in [0.15, 0.2) is 0 Å². The van der Waals surface area contributed by atoms with Gasteiger partial charge in [-0.25, -0.2) is 0 Å². The molecule has 1 heterocycles. The third-order valence-corrected chi connectivity index (χ3v) is 4.76. The zero-order chi connectivity index (χ0) is 19.9. The van der Waals surface area contributed by atoms with Crippen LogP contribution >= 0.6 is 0 Å². The molecule has 1 saturated carbocycles. The molecule has 2 aromatic rings. The van der Waals surface area contributed by atoms with E-state index < -0.39 is 18.4 Å². The van der Waals surface area contributed by atoms with Crippen LogP contribution in [0, 0.1) is 0 Å². The van der Waals surface area contributed by atoms with Crippen LogP contribution in [0.2, 0.25) is 0 Å². The quantitative estimate of drug-likeness (QED) is 0.760. The maximum Gasteiger partial charge on any atom is 0.323 e. The Bertz CT molecular complexity index is 828. The van der Waals surface area contributed by atoms with E-state index >= 15 is 0 Å². The standard InChI is InChI=1S/C20H24N4O4/c25-18(22-16-7-3-1-4-8-16)13-23-12-15(11-21-23)20(28)24(14-19(26)27)17-9-5-2-6-10-17/h2,5-6,9-12,16H,1,3-4,7-8,13-14H2,(H,22,25)(H,26,27). The number of para-hydroxylation sites is 1. The first-order chi connectivity index (χ1) is 13.5. The fraction of sp³-hybridized carbons (Fsp3) is 0.400. The molecular formula is C20H24N4O4. The molecule has 28 heavy (non-hydrogen) atoms. The normalized spacial score (nSPS) is 14.4. The molecule has 2 amide bonds. The smallest absolute Gasteiger partial charge is 0.323 e. The molecular weight excluding hydrogens is 360 g/mol. The van der Waals surface area contributed by atoms with Gasteiger partial charge < -0.3 is 10.4 Å². The van der Waals surface area contributed by atoms with Gasteiger partial charge in [0.1, 0.15) is 13.1 Å². The van der Waals surface area contributed by atoms with Gasteiger partial charge in [-0.15, -0.1) is 0 Å². The van der Waals surface area contributed by atoms with Crippen molar-refractivity contribution >= 4 is 23.5 Å². The van der Waals surface area contributed by atoms with Crippen LogP contribution < -0.4 is 10.2 Å². The Kier molecular flexibility index (Phi) is 6.41. The van der Waals surface area contributed by atoms with Gasteiger partial charge in [0.2, 0.25) is 5.91 Å². The van der Waals surface area contributed by atoms with E-state index in [1.165, 1.54) is 28.4 Å². The summed E-state index contributed by atoms with van der Waals surface area (Å²) >= 11 is 0. The van der Waals surface area contributed by atoms with Crippen LogP contribution in [0.15, 0.2) is 42.7 Å². The number of hydrogen-bond donors (Lipinski definition) is 2. The second kappa shape index (κ2) is 9.16. The number of rotatable bonds is 7. The lowest BCUT2D eigenvalue weighted by Gasteiger charge is -2.22. The lowest BCUT2D eigenvalue weighted by atomic mass is 9.95. The van der Waals surface area contributed by atoms with Crippen LogP contribution in [0.25, 0.3) is 0 Å². The van der Waals surface area contributed by atoms with Crippen molar-refractivity contribution in [3.63, 3.8) is 0 Å². The maximum atomic E-state index is 12.8. The van der Waals surface area contributed by atoms with Gasteiger partial charge in [0.05, 0.1) is 11.8 Å². The zero-order valence-corrected chi connectivity index (χ0v) is 15.6. The van der Waals surface area contributed by atoms with Gasteiger partial charge in [-0.2, -0.15) is 5.10 Å². The average molecular weight is 384 g/mol. The maximum absolute atomic E-state index is 12.8. The Morgan fingerprint density at radius 2 is 1.86 bits per heavy atom. The van der Waals surface area contributed by atoms with Crippen molar-refractivity contribution in [1.82, 2.24) is 15.1 Å². The third kappa shape index (κ3) is 5.18. The van der Waals surface area contributed by atoms with E-state index in [0.29, 0.717) is 5.69 Å². The second-order valence-corrected chi connectivity index (χ2v) is 6.95. The van der Waals surface area contributed by atoms with Gasteiger partial charge in [0.25, 0.3) is 5.91 Å². The second-order valence-electron chi connectivity index (χ2n) is 6.95. The molecule has 0 spiro atoms. The first-order valence-electron chi connectivity index (χ1n) is 9.43. The highest BCUT2D eigenvalue weighted by Crippen LogP contribution is 2.18. The highest BCUT2D eigenvalue weighted by atomic mass is 16.4. The highest BCUT2D eigenvalue weighted by Gasteiger charge is 2.22. The van der Waals surface area contributed by atoms with E-state index in [-0.39, 0.29) is 24.1 Å². The minimum absolute atomic E-state index is 0.0219. The van der Waals surface area contributed by atoms with Crippen molar-refractivity contribution in [2.24, 2.45) is 0 Å². The number of carboxylic acid groups (broad SMARTS) is 1. The topological polar surface area (TPSA) is 105 Å². The minimum Gasteiger partial charge on any atom is -0.480 e. The Labute approximate surface area is 163 Å². The molecule has 8 heteroatoms. The van der Waals surface area contributed by atoms with Gasteiger partial charge in [-0.1, -0.05) is 37.5 Å². The number of carbonyl (C=O) groups is 3. The molecule has 1 aliphatic carbocycles. The summed E-state index contributed by atoms with van der Waals surface area (Å²) in [7, 11) is 0. The number of carbonyl (C=O) groups excluding carboxylic acids is 2. The monoisotopic (exact) mass is 384 g/mol. The molecule has 8 nitrogen and oxygen atoms in total. The molecule has 0 unspecified atom stereocenters.